The van der Waals surface area contributed by atoms with Crippen molar-refractivity contribution in [1.82, 2.24) is 25.0 Å². The molecule has 0 saturated carbocycles. The van der Waals surface area contributed by atoms with Crippen molar-refractivity contribution >= 4 is 6.03 Å². The van der Waals surface area contributed by atoms with Crippen molar-refractivity contribution in [1.29, 1.82) is 0 Å². The van der Waals surface area contributed by atoms with Crippen LogP contribution in [-0.4, -0.2) is 52.0 Å². The summed E-state index contributed by atoms with van der Waals surface area (Å²) in [7, 11) is 1.51. The quantitative estimate of drug-likeness (QED) is 0.444. The molecule has 0 saturated heterocycles. The number of urea groups is 1. The van der Waals surface area contributed by atoms with E-state index in [0.717, 1.165) is 23.8 Å². The predicted molar refractivity (Wildman–Crippen MR) is 133 cm³/mol. The molecule has 0 aliphatic heterocycles. The standard InChI is InChI=1S/C26H33F3N6O/c1-26(2,3)22(34(25(36)31-4)13-12-19(30)15-27)24-32-23(20-14-18(28)10-11-21(20)29)33-35(24)16-17-8-6-5-7-9-17/h5-11,14,19,22H,12-13,15-16,30H2,1-4H3,(H,31,36)/t19-,22+/m1/s1. The number of benzene rings is 2. The van der Waals surface area contributed by atoms with Gasteiger partial charge in [-0.3, -0.25) is 0 Å². The Labute approximate surface area is 209 Å². The van der Waals surface area contributed by atoms with Crippen LogP contribution in [0.15, 0.2) is 48.5 Å². The molecule has 0 bridgehead atoms. The summed E-state index contributed by atoms with van der Waals surface area (Å²) >= 11 is 0. The highest BCUT2D eigenvalue weighted by Crippen LogP contribution is 2.38. The van der Waals surface area contributed by atoms with E-state index in [4.69, 9.17) is 5.73 Å². The highest BCUT2D eigenvalue weighted by atomic mass is 19.1. The van der Waals surface area contributed by atoms with Crippen molar-refractivity contribution < 1.29 is 18.0 Å². The maximum atomic E-state index is 14.7. The summed E-state index contributed by atoms with van der Waals surface area (Å²) in [6.45, 7) is 5.55. The Morgan fingerprint density at radius 1 is 1.17 bits per heavy atom. The summed E-state index contributed by atoms with van der Waals surface area (Å²) in [5, 5.41) is 7.19. The minimum absolute atomic E-state index is 0.00416. The third-order valence-electron chi connectivity index (χ3n) is 5.84. The number of hydrogen-bond acceptors (Lipinski definition) is 4. The molecule has 1 heterocycles. The van der Waals surface area contributed by atoms with Gasteiger partial charge in [0, 0.05) is 19.6 Å². The van der Waals surface area contributed by atoms with Crippen LogP contribution >= 0.6 is 0 Å². The van der Waals surface area contributed by atoms with Crippen LogP contribution in [0, 0.1) is 17.0 Å². The largest absolute Gasteiger partial charge is 0.341 e. The number of rotatable bonds is 9. The fourth-order valence-electron chi connectivity index (χ4n) is 4.08. The number of amides is 2. The molecule has 36 heavy (non-hydrogen) atoms. The number of nitrogens with zero attached hydrogens (tertiary/aromatic N) is 4. The Morgan fingerprint density at radius 2 is 1.86 bits per heavy atom. The average Bonchev–Trinajstić information content (AvgIpc) is 3.24. The van der Waals surface area contributed by atoms with Gasteiger partial charge in [-0.15, -0.1) is 0 Å². The molecule has 2 amide bonds. The smallest absolute Gasteiger partial charge is 0.317 e. The second-order valence-corrected chi connectivity index (χ2v) is 9.78. The van der Waals surface area contributed by atoms with E-state index in [1.54, 1.807) is 9.58 Å². The van der Waals surface area contributed by atoms with E-state index in [9.17, 15) is 18.0 Å². The summed E-state index contributed by atoms with van der Waals surface area (Å²) in [4.78, 5) is 19.2. The molecule has 3 N–H and O–H groups in total. The second-order valence-electron chi connectivity index (χ2n) is 9.78. The number of hydrogen-bond donors (Lipinski definition) is 2. The van der Waals surface area contributed by atoms with Crippen LogP contribution in [0.3, 0.4) is 0 Å². The van der Waals surface area contributed by atoms with Gasteiger partial charge >= 0.3 is 6.03 Å². The molecular formula is C26H33F3N6O. The molecule has 2 aromatic carbocycles. The maximum absolute atomic E-state index is 14.7. The normalized spacial score (nSPS) is 13.3. The van der Waals surface area contributed by atoms with Crippen molar-refractivity contribution in [3.63, 3.8) is 0 Å². The number of carbonyl (C=O) groups excluding carboxylic acids is 1. The summed E-state index contributed by atoms with van der Waals surface area (Å²) in [5.74, 6) is -0.886. The van der Waals surface area contributed by atoms with Gasteiger partial charge in [0.15, 0.2) is 11.6 Å². The predicted octanol–water partition coefficient (Wildman–Crippen LogP) is 4.69. The van der Waals surface area contributed by atoms with Crippen LogP contribution < -0.4 is 11.1 Å². The molecule has 1 aromatic heterocycles. The molecule has 0 aliphatic carbocycles. The van der Waals surface area contributed by atoms with Crippen LogP contribution in [0.4, 0.5) is 18.0 Å². The Bertz CT molecular complexity index is 1160. The molecule has 0 fully saturated rings. The van der Waals surface area contributed by atoms with Crippen LogP contribution in [0.2, 0.25) is 0 Å². The van der Waals surface area contributed by atoms with E-state index in [1.807, 2.05) is 51.1 Å². The van der Waals surface area contributed by atoms with Crippen molar-refractivity contribution in [2.75, 3.05) is 20.3 Å². The van der Waals surface area contributed by atoms with Gasteiger partial charge in [-0.1, -0.05) is 51.1 Å². The van der Waals surface area contributed by atoms with Gasteiger partial charge in [-0.2, -0.15) is 5.10 Å². The zero-order valence-corrected chi connectivity index (χ0v) is 21.0. The first-order valence-corrected chi connectivity index (χ1v) is 11.8. The zero-order valence-electron chi connectivity index (χ0n) is 21.0. The van der Waals surface area contributed by atoms with E-state index in [-0.39, 0.29) is 30.9 Å². The molecule has 0 spiro atoms. The number of nitrogens with two attached hydrogens (primary N) is 1. The van der Waals surface area contributed by atoms with Crippen molar-refractivity contribution in [3.05, 3.63) is 71.6 Å². The average molecular weight is 503 g/mol. The summed E-state index contributed by atoms with van der Waals surface area (Å²) < 4.78 is 43.4. The van der Waals surface area contributed by atoms with Crippen molar-refractivity contribution in [2.24, 2.45) is 11.1 Å². The number of nitrogens with one attached hydrogen (secondary N) is 1. The van der Waals surface area contributed by atoms with Gasteiger partial charge in [-0.25, -0.2) is 27.6 Å². The maximum Gasteiger partial charge on any atom is 0.317 e. The van der Waals surface area contributed by atoms with Gasteiger partial charge in [0.1, 0.15) is 18.3 Å². The third kappa shape index (κ3) is 6.42. The van der Waals surface area contributed by atoms with Gasteiger partial charge in [0.25, 0.3) is 0 Å². The molecule has 0 unspecified atom stereocenters. The molecule has 3 aromatic rings. The molecule has 7 nitrogen and oxygen atoms in total. The fourth-order valence-corrected chi connectivity index (χ4v) is 4.08. The topological polar surface area (TPSA) is 89.1 Å². The van der Waals surface area contributed by atoms with Crippen molar-refractivity contribution in [2.45, 2.75) is 45.8 Å². The first-order valence-electron chi connectivity index (χ1n) is 11.8. The summed E-state index contributed by atoms with van der Waals surface area (Å²) in [6.07, 6.45) is 0.231. The third-order valence-corrected chi connectivity index (χ3v) is 5.84. The number of alkyl halides is 1. The highest BCUT2D eigenvalue weighted by Gasteiger charge is 2.39. The zero-order chi connectivity index (χ0) is 26.5. The Morgan fingerprint density at radius 3 is 2.47 bits per heavy atom. The van der Waals surface area contributed by atoms with Crippen LogP contribution in [0.5, 0.6) is 0 Å². The molecule has 0 radical (unpaired) electrons. The van der Waals surface area contributed by atoms with Crippen LogP contribution in [0.1, 0.15) is 44.6 Å². The van der Waals surface area contributed by atoms with Gasteiger partial charge in [-0.05, 0) is 35.6 Å². The number of aromatic nitrogens is 3. The SMILES string of the molecule is CNC(=O)N(CC[C@@H](N)CF)[C@@H](c1nc(-c2cc(F)ccc2F)nn1Cc1ccccc1)C(C)(C)C. The van der Waals surface area contributed by atoms with E-state index in [0.29, 0.717) is 5.82 Å². The van der Waals surface area contributed by atoms with E-state index >= 15 is 0 Å². The molecule has 2 atom stereocenters. The lowest BCUT2D eigenvalue weighted by Gasteiger charge is -2.39. The lowest BCUT2D eigenvalue weighted by molar-refractivity contribution is 0.105. The number of halogens is 3. The summed E-state index contributed by atoms with van der Waals surface area (Å²) in [6, 6.07) is 10.8. The second kappa shape index (κ2) is 11.6. The van der Waals surface area contributed by atoms with Gasteiger partial charge in [0.05, 0.1) is 18.2 Å². The Kier molecular flexibility index (Phi) is 8.73. The van der Waals surface area contributed by atoms with E-state index in [2.05, 4.69) is 15.4 Å². The number of carbonyl (C=O) groups is 1. The molecule has 194 valence electrons. The molecular weight excluding hydrogens is 469 g/mol. The minimum atomic E-state index is -0.725. The fraction of sp³-hybridized carbons (Fsp3) is 0.423. The Balaban J connectivity index is 2.18. The van der Waals surface area contributed by atoms with Crippen LogP contribution in [0.25, 0.3) is 11.4 Å². The monoisotopic (exact) mass is 502 g/mol. The Hall–Kier alpha value is -3.40. The molecule has 10 heteroatoms. The molecule has 0 aliphatic rings. The first-order chi connectivity index (χ1) is 17.0. The summed E-state index contributed by atoms with van der Waals surface area (Å²) in [5.41, 5.74) is 6.07. The minimum Gasteiger partial charge on any atom is -0.341 e. The highest BCUT2D eigenvalue weighted by molar-refractivity contribution is 5.74. The van der Waals surface area contributed by atoms with Crippen molar-refractivity contribution in [3.8, 4) is 11.4 Å². The lowest BCUT2D eigenvalue weighted by Crippen LogP contribution is -2.47. The van der Waals surface area contributed by atoms with Crippen LogP contribution in [-0.2, 0) is 6.54 Å². The van der Waals surface area contributed by atoms with E-state index < -0.39 is 41.8 Å². The van der Waals surface area contributed by atoms with Gasteiger partial charge in [0.2, 0.25) is 0 Å². The van der Waals surface area contributed by atoms with E-state index in [1.165, 1.54) is 7.05 Å². The first kappa shape index (κ1) is 27.2. The molecule has 3 rings (SSSR count). The lowest BCUT2D eigenvalue weighted by atomic mass is 9.84. The van der Waals surface area contributed by atoms with Gasteiger partial charge < -0.3 is 16.0 Å².